The van der Waals surface area contributed by atoms with E-state index in [4.69, 9.17) is 4.74 Å². The minimum absolute atomic E-state index is 0.0422. The van der Waals surface area contributed by atoms with E-state index in [0.29, 0.717) is 23.8 Å². The van der Waals surface area contributed by atoms with E-state index in [0.717, 1.165) is 28.2 Å². The zero-order chi connectivity index (χ0) is 20.2. The van der Waals surface area contributed by atoms with E-state index in [1.165, 1.54) is 16.0 Å². The summed E-state index contributed by atoms with van der Waals surface area (Å²) in [6, 6.07) is 5.90. The number of rotatable bonds is 6. The van der Waals surface area contributed by atoms with Crippen LogP contribution in [0.2, 0.25) is 0 Å². The smallest absolute Gasteiger partial charge is 0.261 e. The van der Waals surface area contributed by atoms with Crippen LogP contribution in [0.1, 0.15) is 63.5 Å². The van der Waals surface area contributed by atoms with Gasteiger partial charge in [0.15, 0.2) is 0 Å². The summed E-state index contributed by atoms with van der Waals surface area (Å²) in [7, 11) is 0. The molecule has 1 aromatic carbocycles. The Morgan fingerprint density at radius 1 is 1.39 bits per heavy atom. The van der Waals surface area contributed by atoms with Gasteiger partial charge in [0, 0.05) is 11.4 Å². The molecule has 1 aromatic heterocycles. The molecule has 2 aromatic rings. The van der Waals surface area contributed by atoms with Crippen molar-refractivity contribution in [3.8, 4) is 5.75 Å². The second-order valence-corrected chi connectivity index (χ2v) is 10.2. The molecule has 1 amide bonds. The molecule has 4 rings (SSSR count). The van der Waals surface area contributed by atoms with Crippen LogP contribution in [0, 0.1) is 25.2 Å². The fourth-order valence-electron chi connectivity index (χ4n) is 4.77. The van der Waals surface area contributed by atoms with Gasteiger partial charge in [-0.2, -0.15) is 0 Å². The molecule has 4 nitrogen and oxygen atoms in total. The first-order valence-electron chi connectivity index (χ1n) is 10.0. The standard InChI is InChI=1S/C23H29NO3S/c1-12-8-15(6-7-18(12)27-11-13(2)25)10-24-22(26)21-16-9-17-20(23(17,4)5)19(16)14(3)28-21/h6-8,13,17,20,25H,9-11H2,1-5H3,(H,24,26)/t13?,17?,20-/m1/s1. The number of carbonyl (C=O) groups excluding carboxylic acids is 1. The average Bonchev–Trinajstić information content (AvgIpc) is 2.95. The normalized spacial score (nSPS) is 22.4. The number of hydrogen-bond acceptors (Lipinski definition) is 4. The molecule has 3 atom stereocenters. The number of carbonyl (C=O) groups is 1. The molecule has 5 heteroatoms. The van der Waals surface area contributed by atoms with E-state index in [9.17, 15) is 9.90 Å². The van der Waals surface area contributed by atoms with Crippen molar-refractivity contribution in [2.45, 2.75) is 59.6 Å². The molecule has 2 N–H and O–H groups in total. The number of aliphatic hydroxyl groups excluding tert-OH is 1. The summed E-state index contributed by atoms with van der Waals surface area (Å²) in [5, 5.41) is 12.5. The van der Waals surface area contributed by atoms with E-state index in [1.54, 1.807) is 18.3 Å². The van der Waals surface area contributed by atoms with Gasteiger partial charge in [-0.15, -0.1) is 11.3 Å². The molecule has 1 saturated carbocycles. The van der Waals surface area contributed by atoms with Gasteiger partial charge in [0.05, 0.1) is 11.0 Å². The predicted octanol–water partition coefficient (Wildman–Crippen LogP) is 4.35. The first-order valence-corrected chi connectivity index (χ1v) is 10.8. The lowest BCUT2D eigenvalue weighted by Crippen LogP contribution is -2.23. The third-order valence-corrected chi connectivity index (χ3v) is 7.56. The molecular formula is C23H29NO3S. The Kier molecular flexibility index (Phi) is 4.79. The third-order valence-electron chi connectivity index (χ3n) is 6.40. The largest absolute Gasteiger partial charge is 0.491 e. The van der Waals surface area contributed by atoms with Gasteiger partial charge in [-0.05, 0) is 72.8 Å². The Bertz CT molecular complexity index is 928. The van der Waals surface area contributed by atoms with Crippen LogP contribution in [0.5, 0.6) is 5.75 Å². The molecule has 28 heavy (non-hydrogen) atoms. The first kappa shape index (κ1) is 19.5. The van der Waals surface area contributed by atoms with E-state index < -0.39 is 6.10 Å². The molecule has 2 aliphatic rings. The van der Waals surface area contributed by atoms with Gasteiger partial charge < -0.3 is 15.2 Å². The Hall–Kier alpha value is -1.85. The van der Waals surface area contributed by atoms with E-state index in [2.05, 4.69) is 26.1 Å². The van der Waals surface area contributed by atoms with E-state index in [1.807, 2.05) is 25.1 Å². The fourth-order valence-corrected chi connectivity index (χ4v) is 5.92. The van der Waals surface area contributed by atoms with Crippen molar-refractivity contribution < 1.29 is 14.6 Å². The number of fused-ring (bicyclic) bond motifs is 3. The number of hydrogen-bond donors (Lipinski definition) is 2. The molecular weight excluding hydrogens is 370 g/mol. The van der Waals surface area contributed by atoms with Gasteiger partial charge >= 0.3 is 0 Å². The lowest BCUT2D eigenvalue weighted by atomic mass is 9.95. The summed E-state index contributed by atoms with van der Waals surface area (Å²) in [5.41, 5.74) is 5.21. The van der Waals surface area contributed by atoms with Crippen LogP contribution in [0.3, 0.4) is 0 Å². The number of thiophene rings is 1. The van der Waals surface area contributed by atoms with Crippen LogP contribution in [-0.4, -0.2) is 23.7 Å². The molecule has 1 fully saturated rings. The predicted molar refractivity (Wildman–Crippen MR) is 112 cm³/mol. The minimum Gasteiger partial charge on any atom is -0.491 e. The zero-order valence-electron chi connectivity index (χ0n) is 17.3. The van der Waals surface area contributed by atoms with E-state index in [-0.39, 0.29) is 12.5 Å². The molecule has 0 radical (unpaired) electrons. The molecule has 1 heterocycles. The molecule has 2 aliphatic carbocycles. The van der Waals surface area contributed by atoms with Crippen molar-refractivity contribution >= 4 is 17.2 Å². The summed E-state index contributed by atoms with van der Waals surface area (Å²) < 4.78 is 5.60. The Morgan fingerprint density at radius 3 is 2.82 bits per heavy atom. The number of amides is 1. The molecule has 0 bridgehead atoms. The van der Waals surface area contributed by atoms with Gasteiger partial charge in [-0.1, -0.05) is 26.0 Å². The number of aliphatic hydroxyl groups is 1. The van der Waals surface area contributed by atoms with Gasteiger partial charge in [-0.3, -0.25) is 4.79 Å². The maximum Gasteiger partial charge on any atom is 0.261 e. The summed E-state index contributed by atoms with van der Waals surface area (Å²) in [4.78, 5) is 15.1. The third kappa shape index (κ3) is 3.25. The van der Waals surface area contributed by atoms with Gasteiger partial charge in [0.25, 0.3) is 5.91 Å². The van der Waals surface area contributed by atoms with Crippen LogP contribution in [0.25, 0.3) is 0 Å². The minimum atomic E-state index is -0.494. The highest BCUT2D eigenvalue weighted by molar-refractivity contribution is 7.14. The lowest BCUT2D eigenvalue weighted by molar-refractivity contribution is 0.0954. The molecule has 0 aliphatic heterocycles. The quantitative estimate of drug-likeness (QED) is 0.759. The lowest BCUT2D eigenvalue weighted by Gasteiger charge is -2.13. The highest BCUT2D eigenvalue weighted by Crippen LogP contribution is 2.71. The SMILES string of the molecule is Cc1cc(CNC(=O)c2sc(C)c3c2CC2[C@H]3C2(C)C)ccc1OCC(C)O. The number of aryl methyl sites for hydroxylation is 2. The second-order valence-electron chi connectivity index (χ2n) is 8.93. The molecule has 150 valence electrons. The van der Waals surface area contributed by atoms with Crippen molar-refractivity contribution in [2.75, 3.05) is 6.61 Å². The summed E-state index contributed by atoms with van der Waals surface area (Å²) in [6.45, 7) is 11.3. The average molecular weight is 400 g/mol. The monoisotopic (exact) mass is 399 g/mol. The van der Waals surface area contributed by atoms with Crippen LogP contribution in [-0.2, 0) is 13.0 Å². The highest BCUT2D eigenvalue weighted by Gasteiger charge is 2.63. The molecule has 0 spiro atoms. The summed E-state index contributed by atoms with van der Waals surface area (Å²) in [6.07, 6.45) is 0.556. The van der Waals surface area contributed by atoms with Gasteiger partial charge in [0.1, 0.15) is 12.4 Å². The molecule has 0 saturated heterocycles. The van der Waals surface area contributed by atoms with Gasteiger partial charge in [-0.25, -0.2) is 0 Å². The molecule has 2 unspecified atom stereocenters. The van der Waals surface area contributed by atoms with Gasteiger partial charge in [0.2, 0.25) is 0 Å². The fraction of sp³-hybridized carbons (Fsp3) is 0.522. The summed E-state index contributed by atoms with van der Waals surface area (Å²) >= 11 is 1.65. The van der Waals surface area contributed by atoms with Crippen molar-refractivity contribution in [1.82, 2.24) is 5.32 Å². The van der Waals surface area contributed by atoms with Crippen molar-refractivity contribution in [1.29, 1.82) is 0 Å². The summed E-state index contributed by atoms with van der Waals surface area (Å²) in [5.74, 6) is 2.18. The van der Waals surface area contributed by atoms with Crippen LogP contribution >= 0.6 is 11.3 Å². The van der Waals surface area contributed by atoms with Crippen molar-refractivity contribution in [3.05, 3.63) is 50.2 Å². The van der Waals surface area contributed by atoms with Crippen molar-refractivity contribution in [3.63, 3.8) is 0 Å². The Balaban J connectivity index is 1.42. The maximum absolute atomic E-state index is 12.9. The Morgan fingerprint density at radius 2 is 2.14 bits per heavy atom. The van der Waals surface area contributed by atoms with Crippen LogP contribution in [0.4, 0.5) is 0 Å². The maximum atomic E-state index is 12.9. The second kappa shape index (κ2) is 6.89. The van der Waals surface area contributed by atoms with Crippen molar-refractivity contribution in [2.24, 2.45) is 11.3 Å². The topological polar surface area (TPSA) is 58.6 Å². The Labute approximate surface area is 170 Å². The van der Waals surface area contributed by atoms with Crippen LogP contribution in [0.15, 0.2) is 18.2 Å². The van der Waals surface area contributed by atoms with E-state index >= 15 is 0 Å². The number of nitrogens with one attached hydrogen (secondary N) is 1. The van der Waals surface area contributed by atoms with Crippen LogP contribution < -0.4 is 10.1 Å². The number of ether oxygens (including phenoxy) is 1. The first-order chi connectivity index (χ1) is 13.2. The zero-order valence-corrected chi connectivity index (χ0v) is 18.1. The number of benzene rings is 1. The highest BCUT2D eigenvalue weighted by atomic mass is 32.1.